The van der Waals surface area contributed by atoms with Gasteiger partial charge in [-0.25, -0.2) is 13.1 Å². The molecule has 1 atom stereocenters. The average Bonchev–Trinajstić information content (AvgIpc) is 3.25. The smallest absolute Gasteiger partial charge is 0.242 e. The third kappa shape index (κ3) is 5.69. The molecule has 1 fully saturated rings. The largest absolute Gasteiger partial charge is 0.490 e. The van der Waals surface area contributed by atoms with E-state index in [1.54, 1.807) is 30.3 Å². The van der Waals surface area contributed by atoms with Crippen LogP contribution in [0.4, 0.5) is 0 Å². The normalized spacial score (nSPS) is 17.0. The Morgan fingerprint density at radius 2 is 1.97 bits per heavy atom. The lowest BCUT2D eigenvalue weighted by molar-refractivity contribution is 0.0630. The fourth-order valence-corrected chi connectivity index (χ4v) is 5.72. The molecule has 0 saturated carbocycles. The van der Waals surface area contributed by atoms with Crippen LogP contribution in [0.1, 0.15) is 12.8 Å². The van der Waals surface area contributed by atoms with Crippen LogP contribution in [0.15, 0.2) is 41.3 Å². The van der Waals surface area contributed by atoms with E-state index in [9.17, 15) is 13.5 Å². The summed E-state index contributed by atoms with van der Waals surface area (Å²) in [6, 6.07) is 10.0. The molecule has 1 aliphatic heterocycles. The van der Waals surface area contributed by atoms with Crippen LogP contribution in [0.5, 0.6) is 5.75 Å². The van der Waals surface area contributed by atoms with Crippen LogP contribution >= 0.6 is 34.9 Å². The number of hydrogen-bond donors (Lipinski definition) is 2. The first-order chi connectivity index (χ1) is 15.3. The third-order valence-electron chi connectivity index (χ3n) is 5.24. The molecule has 12 heteroatoms. The van der Waals surface area contributed by atoms with Gasteiger partial charge in [0.25, 0.3) is 0 Å². The summed E-state index contributed by atoms with van der Waals surface area (Å²) in [5.74, 6) is 0.678. The number of nitrogens with zero attached hydrogens (tertiary/aromatic N) is 3. The topological polar surface area (TPSA) is 105 Å². The Morgan fingerprint density at radius 3 is 2.72 bits per heavy atom. The van der Waals surface area contributed by atoms with E-state index in [1.165, 1.54) is 6.07 Å². The van der Waals surface area contributed by atoms with Gasteiger partial charge in [0.1, 0.15) is 27.8 Å². The highest BCUT2D eigenvalue weighted by Crippen LogP contribution is 2.28. The van der Waals surface area contributed by atoms with Gasteiger partial charge in [0.2, 0.25) is 10.0 Å². The summed E-state index contributed by atoms with van der Waals surface area (Å²) >= 11 is 12.9. The minimum absolute atomic E-state index is 0.0475. The van der Waals surface area contributed by atoms with Crippen LogP contribution in [0.3, 0.4) is 0 Å². The molecule has 0 aliphatic carbocycles. The SMILES string of the molecule is O=S(=O)(NC[C@H](O)CN1CCC(Oc2ccc(Cl)c(Cl)c2)CC1)c1cccc2nsnc12. The molecular formula is C20H22Cl2N4O4S2. The molecule has 0 amide bonds. The molecule has 2 N–H and O–H groups in total. The molecule has 0 radical (unpaired) electrons. The Kier molecular flexibility index (Phi) is 7.51. The molecular weight excluding hydrogens is 495 g/mol. The van der Waals surface area contributed by atoms with Gasteiger partial charge in [-0.05, 0) is 37.1 Å². The van der Waals surface area contributed by atoms with Gasteiger partial charge >= 0.3 is 0 Å². The van der Waals surface area contributed by atoms with Crippen molar-refractivity contribution in [1.29, 1.82) is 0 Å². The lowest BCUT2D eigenvalue weighted by atomic mass is 10.1. The molecule has 1 saturated heterocycles. The van der Waals surface area contributed by atoms with E-state index in [2.05, 4.69) is 18.4 Å². The van der Waals surface area contributed by atoms with Crippen LogP contribution in [0.2, 0.25) is 10.0 Å². The van der Waals surface area contributed by atoms with E-state index in [-0.39, 0.29) is 17.5 Å². The number of aliphatic hydroxyl groups excluding tert-OH is 1. The zero-order chi connectivity index (χ0) is 22.7. The number of aliphatic hydroxyl groups is 1. The second kappa shape index (κ2) is 10.2. The summed E-state index contributed by atoms with van der Waals surface area (Å²) in [6.45, 7) is 1.75. The highest BCUT2D eigenvalue weighted by atomic mass is 35.5. The van der Waals surface area contributed by atoms with Crippen molar-refractivity contribution in [3.63, 3.8) is 0 Å². The third-order valence-corrected chi connectivity index (χ3v) is 7.98. The number of likely N-dealkylation sites (tertiary alicyclic amines) is 1. The molecule has 8 nitrogen and oxygen atoms in total. The fourth-order valence-electron chi connectivity index (χ4n) is 3.60. The number of hydrogen-bond acceptors (Lipinski definition) is 8. The summed E-state index contributed by atoms with van der Waals surface area (Å²) in [5, 5.41) is 11.3. The maximum Gasteiger partial charge on any atom is 0.242 e. The predicted molar refractivity (Wildman–Crippen MR) is 125 cm³/mol. The van der Waals surface area contributed by atoms with Crippen molar-refractivity contribution >= 4 is 56.0 Å². The zero-order valence-corrected chi connectivity index (χ0v) is 20.1. The minimum atomic E-state index is -3.81. The van der Waals surface area contributed by atoms with Crippen molar-refractivity contribution in [2.24, 2.45) is 0 Å². The van der Waals surface area contributed by atoms with Crippen LogP contribution in [-0.2, 0) is 10.0 Å². The molecule has 2 aromatic carbocycles. The van der Waals surface area contributed by atoms with E-state index < -0.39 is 16.1 Å². The number of sulfonamides is 1. The van der Waals surface area contributed by atoms with Crippen LogP contribution in [0.25, 0.3) is 11.0 Å². The predicted octanol–water partition coefficient (Wildman–Crippen LogP) is 3.18. The zero-order valence-electron chi connectivity index (χ0n) is 16.9. The number of benzene rings is 2. The summed E-state index contributed by atoms with van der Waals surface area (Å²) in [4.78, 5) is 2.16. The van der Waals surface area contributed by atoms with Gasteiger partial charge in [0.15, 0.2) is 0 Å². The molecule has 0 unspecified atom stereocenters. The first kappa shape index (κ1) is 23.6. The molecule has 0 bridgehead atoms. The van der Waals surface area contributed by atoms with Gasteiger partial charge in [-0.3, -0.25) is 0 Å². The van der Waals surface area contributed by atoms with Gasteiger partial charge in [-0.1, -0.05) is 29.3 Å². The number of halogens is 2. The van der Waals surface area contributed by atoms with Crippen molar-refractivity contribution in [3.05, 3.63) is 46.4 Å². The lowest BCUT2D eigenvalue weighted by Crippen LogP contribution is -2.45. The number of β-amino-alcohol motifs (C(OH)–C–C–N with tert-alkyl or cyclic N) is 1. The second-order valence-corrected chi connectivity index (χ2v) is 10.7. The maximum atomic E-state index is 12.7. The van der Waals surface area contributed by atoms with Gasteiger partial charge in [0, 0.05) is 32.2 Å². The van der Waals surface area contributed by atoms with E-state index in [0.29, 0.717) is 33.4 Å². The highest BCUT2D eigenvalue weighted by molar-refractivity contribution is 7.89. The molecule has 1 aliphatic rings. The Hall–Kier alpha value is -1.53. The molecule has 1 aromatic heterocycles. The van der Waals surface area contributed by atoms with Crippen molar-refractivity contribution in [1.82, 2.24) is 18.4 Å². The van der Waals surface area contributed by atoms with Crippen LogP contribution in [0, 0.1) is 0 Å². The molecule has 0 spiro atoms. The number of piperidine rings is 1. The monoisotopic (exact) mass is 516 g/mol. The number of aromatic nitrogens is 2. The van der Waals surface area contributed by atoms with Crippen molar-refractivity contribution in [2.75, 3.05) is 26.2 Å². The number of ether oxygens (including phenoxy) is 1. The first-order valence-corrected chi connectivity index (χ1v) is 13.0. The van der Waals surface area contributed by atoms with Gasteiger partial charge in [0.05, 0.1) is 27.9 Å². The van der Waals surface area contributed by atoms with E-state index in [4.69, 9.17) is 27.9 Å². The minimum Gasteiger partial charge on any atom is -0.490 e. The Morgan fingerprint density at radius 1 is 1.19 bits per heavy atom. The number of nitrogens with one attached hydrogen (secondary N) is 1. The van der Waals surface area contributed by atoms with Crippen molar-refractivity contribution in [3.8, 4) is 5.75 Å². The number of rotatable bonds is 8. The Labute approximate surface area is 200 Å². The summed E-state index contributed by atoms with van der Waals surface area (Å²) < 4.78 is 41.9. The van der Waals surface area contributed by atoms with E-state index >= 15 is 0 Å². The number of fused-ring (bicyclic) bond motifs is 1. The fraction of sp³-hybridized carbons (Fsp3) is 0.400. The highest BCUT2D eigenvalue weighted by Gasteiger charge is 2.24. The molecule has 2 heterocycles. The van der Waals surface area contributed by atoms with Gasteiger partial charge in [-0.2, -0.15) is 8.75 Å². The standard InChI is InChI=1S/C20H22Cl2N4O4S2/c21-16-5-4-15(10-17(16)22)30-14-6-8-26(9-7-14)12-13(27)11-23-32(28,29)19-3-1-2-18-20(19)25-31-24-18/h1-5,10,13-14,23,27H,6-9,11-12H2/t13-/m0/s1. The summed E-state index contributed by atoms with van der Waals surface area (Å²) in [5.41, 5.74) is 0.868. The molecule has 4 rings (SSSR count). The van der Waals surface area contributed by atoms with Gasteiger partial charge in [-0.15, -0.1) is 0 Å². The van der Waals surface area contributed by atoms with E-state index in [1.807, 2.05) is 0 Å². The van der Waals surface area contributed by atoms with Gasteiger partial charge < -0.3 is 14.7 Å². The summed E-state index contributed by atoms with van der Waals surface area (Å²) in [7, 11) is -3.81. The Bertz CT molecular complexity index is 1180. The van der Waals surface area contributed by atoms with Crippen molar-refractivity contribution < 1.29 is 18.3 Å². The molecule has 32 heavy (non-hydrogen) atoms. The first-order valence-electron chi connectivity index (χ1n) is 10.0. The Balaban J connectivity index is 1.25. The molecule has 172 valence electrons. The maximum absolute atomic E-state index is 12.7. The van der Waals surface area contributed by atoms with Crippen LogP contribution in [-0.4, -0.2) is 65.6 Å². The summed E-state index contributed by atoms with van der Waals surface area (Å²) in [6.07, 6.45) is 0.783. The quantitative estimate of drug-likeness (QED) is 0.473. The lowest BCUT2D eigenvalue weighted by Gasteiger charge is -2.33. The molecule has 3 aromatic rings. The van der Waals surface area contributed by atoms with E-state index in [0.717, 1.165) is 37.7 Å². The average molecular weight is 517 g/mol. The second-order valence-electron chi connectivity index (χ2n) is 7.59. The van der Waals surface area contributed by atoms with Crippen molar-refractivity contribution in [2.45, 2.75) is 29.9 Å². The van der Waals surface area contributed by atoms with Crippen LogP contribution < -0.4 is 9.46 Å².